The zero-order valence-corrected chi connectivity index (χ0v) is 17.1. The number of hydrogen-bond acceptors (Lipinski definition) is 6. The Morgan fingerprint density at radius 2 is 1.89 bits per heavy atom. The molecule has 2 heterocycles. The smallest absolute Gasteiger partial charge is 0.239 e. The molecule has 2 fully saturated rings. The third-order valence-electron chi connectivity index (χ3n) is 5.75. The van der Waals surface area contributed by atoms with E-state index in [1.165, 1.54) is 0 Å². The predicted octanol–water partition coefficient (Wildman–Crippen LogP) is 0.851. The summed E-state index contributed by atoms with van der Waals surface area (Å²) in [6, 6.07) is 7.52. The Morgan fingerprint density at radius 3 is 2.48 bits per heavy atom. The van der Waals surface area contributed by atoms with Crippen LogP contribution < -0.4 is 9.64 Å². The number of sulfone groups is 1. The van der Waals surface area contributed by atoms with Gasteiger partial charge in [0.05, 0.1) is 30.3 Å². The number of anilines is 1. The summed E-state index contributed by atoms with van der Waals surface area (Å²) < 4.78 is 28.8. The maximum absolute atomic E-state index is 12.8. The average molecular weight is 396 g/mol. The molecule has 3 rings (SSSR count). The fourth-order valence-electron chi connectivity index (χ4n) is 3.95. The van der Waals surface area contributed by atoms with Gasteiger partial charge in [0.15, 0.2) is 9.84 Å². The van der Waals surface area contributed by atoms with Crippen molar-refractivity contribution < 1.29 is 17.9 Å². The van der Waals surface area contributed by atoms with Gasteiger partial charge in [0, 0.05) is 39.3 Å². The van der Waals surface area contributed by atoms with Crippen LogP contribution >= 0.6 is 0 Å². The van der Waals surface area contributed by atoms with Crippen LogP contribution in [0.1, 0.15) is 13.3 Å². The Balaban J connectivity index is 1.58. The summed E-state index contributed by atoms with van der Waals surface area (Å²) in [6.07, 6.45) is 0.541. The largest absolute Gasteiger partial charge is 0.495 e. The molecule has 1 aromatic carbocycles. The van der Waals surface area contributed by atoms with Crippen molar-refractivity contribution in [1.29, 1.82) is 0 Å². The molecule has 1 amide bonds. The van der Waals surface area contributed by atoms with Gasteiger partial charge in [0.2, 0.25) is 5.91 Å². The lowest BCUT2D eigenvalue weighted by atomic mass is 10.1. The second-order valence-corrected chi connectivity index (χ2v) is 9.61. The van der Waals surface area contributed by atoms with Gasteiger partial charge in [-0.3, -0.25) is 9.69 Å². The van der Waals surface area contributed by atoms with Crippen LogP contribution in [0.25, 0.3) is 0 Å². The van der Waals surface area contributed by atoms with E-state index >= 15 is 0 Å². The van der Waals surface area contributed by atoms with Gasteiger partial charge in [-0.2, -0.15) is 0 Å². The van der Waals surface area contributed by atoms with Gasteiger partial charge in [0.25, 0.3) is 0 Å². The SMILES string of the molecule is COc1ccccc1N1CCN([C@H](C)C(=O)N(C)[C@H]2CCS(=O)(=O)C2)CC1. The zero-order chi connectivity index (χ0) is 19.6. The summed E-state index contributed by atoms with van der Waals surface area (Å²) >= 11 is 0. The van der Waals surface area contributed by atoms with E-state index in [-0.39, 0.29) is 29.5 Å². The molecule has 27 heavy (non-hydrogen) atoms. The molecule has 0 spiro atoms. The highest BCUT2D eigenvalue weighted by Gasteiger charge is 2.36. The van der Waals surface area contributed by atoms with E-state index in [0.29, 0.717) is 6.42 Å². The van der Waals surface area contributed by atoms with Crippen molar-refractivity contribution in [1.82, 2.24) is 9.80 Å². The van der Waals surface area contributed by atoms with E-state index in [2.05, 4.69) is 15.9 Å². The Bertz CT molecular complexity index is 775. The summed E-state index contributed by atoms with van der Waals surface area (Å²) in [6.45, 7) is 5.11. The van der Waals surface area contributed by atoms with E-state index in [4.69, 9.17) is 4.74 Å². The number of carbonyl (C=O) groups excluding carboxylic acids is 1. The van der Waals surface area contributed by atoms with Crippen molar-refractivity contribution >= 4 is 21.4 Å². The standard InChI is InChI=1S/C19H29N3O4S/c1-15(19(23)20(2)16-8-13-27(24,25)14-16)21-9-11-22(12-10-21)17-6-4-5-7-18(17)26-3/h4-7,15-16H,8-14H2,1-3H3/t15-,16+/m1/s1. The van der Waals surface area contributed by atoms with E-state index < -0.39 is 9.84 Å². The van der Waals surface area contributed by atoms with Gasteiger partial charge < -0.3 is 14.5 Å². The minimum Gasteiger partial charge on any atom is -0.495 e. The molecule has 8 heteroatoms. The molecule has 2 atom stereocenters. The van der Waals surface area contributed by atoms with Crippen LogP contribution in [0.2, 0.25) is 0 Å². The number of carbonyl (C=O) groups is 1. The van der Waals surface area contributed by atoms with Gasteiger partial charge >= 0.3 is 0 Å². The molecule has 150 valence electrons. The number of hydrogen-bond donors (Lipinski definition) is 0. The van der Waals surface area contributed by atoms with E-state index in [1.807, 2.05) is 25.1 Å². The maximum atomic E-state index is 12.8. The van der Waals surface area contributed by atoms with Gasteiger partial charge in [0.1, 0.15) is 5.75 Å². The first-order valence-electron chi connectivity index (χ1n) is 9.41. The first-order valence-corrected chi connectivity index (χ1v) is 11.2. The van der Waals surface area contributed by atoms with Gasteiger partial charge in [-0.15, -0.1) is 0 Å². The second-order valence-electron chi connectivity index (χ2n) is 7.38. The highest BCUT2D eigenvalue weighted by molar-refractivity contribution is 7.91. The van der Waals surface area contributed by atoms with Crippen LogP contribution in [0.5, 0.6) is 5.75 Å². The number of para-hydroxylation sites is 2. The van der Waals surface area contributed by atoms with Crippen molar-refractivity contribution in [3.63, 3.8) is 0 Å². The third kappa shape index (κ3) is 4.38. The summed E-state index contributed by atoms with van der Waals surface area (Å²) in [7, 11) is 0.412. The minimum atomic E-state index is -3.00. The average Bonchev–Trinajstić information content (AvgIpc) is 3.06. The molecule has 0 N–H and O–H groups in total. The molecule has 0 saturated carbocycles. The van der Waals surface area contributed by atoms with Crippen LogP contribution in [0.4, 0.5) is 5.69 Å². The molecule has 2 aliphatic rings. The Kier molecular flexibility index (Phi) is 5.95. The highest BCUT2D eigenvalue weighted by atomic mass is 32.2. The number of nitrogens with zero attached hydrogens (tertiary/aromatic N) is 3. The molecular formula is C19H29N3O4S. The van der Waals surface area contributed by atoms with Crippen molar-refractivity contribution in [3.8, 4) is 5.75 Å². The molecule has 7 nitrogen and oxygen atoms in total. The highest BCUT2D eigenvalue weighted by Crippen LogP contribution is 2.28. The first kappa shape index (κ1) is 19.9. The lowest BCUT2D eigenvalue weighted by Crippen LogP contribution is -2.55. The quantitative estimate of drug-likeness (QED) is 0.736. The first-order chi connectivity index (χ1) is 12.8. The number of amides is 1. The zero-order valence-electron chi connectivity index (χ0n) is 16.3. The van der Waals surface area contributed by atoms with Gasteiger partial charge in [-0.1, -0.05) is 12.1 Å². The molecular weight excluding hydrogens is 366 g/mol. The number of methoxy groups -OCH3 is 1. The van der Waals surface area contributed by atoms with E-state index in [1.54, 1.807) is 19.1 Å². The van der Waals surface area contributed by atoms with Crippen molar-refractivity contribution in [2.45, 2.75) is 25.4 Å². The summed E-state index contributed by atoms with van der Waals surface area (Å²) in [5, 5.41) is 0. The van der Waals surface area contributed by atoms with Crippen molar-refractivity contribution in [2.75, 3.05) is 56.7 Å². The van der Waals surface area contributed by atoms with Gasteiger partial charge in [-0.05, 0) is 25.5 Å². The summed E-state index contributed by atoms with van der Waals surface area (Å²) in [5.74, 6) is 1.13. The van der Waals surface area contributed by atoms with Crippen LogP contribution in [-0.4, -0.2) is 88.1 Å². The summed E-state index contributed by atoms with van der Waals surface area (Å²) in [5.41, 5.74) is 1.08. The monoisotopic (exact) mass is 395 g/mol. The third-order valence-corrected chi connectivity index (χ3v) is 7.50. The molecule has 0 bridgehead atoms. The number of piperazine rings is 1. The Hall–Kier alpha value is -1.80. The lowest BCUT2D eigenvalue weighted by Gasteiger charge is -2.40. The maximum Gasteiger partial charge on any atom is 0.239 e. The van der Waals surface area contributed by atoms with Crippen molar-refractivity contribution in [2.24, 2.45) is 0 Å². The summed E-state index contributed by atoms with van der Waals surface area (Å²) in [4.78, 5) is 18.9. The normalized spacial score (nSPS) is 23.8. The lowest BCUT2D eigenvalue weighted by molar-refractivity contribution is -0.136. The molecule has 0 radical (unpaired) electrons. The molecule has 0 unspecified atom stereocenters. The van der Waals surface area contributed by atoms with Crippen LogP contribution in [-0.2, 0) is 14.6 Å². The van der Waals surface area contributed by atoms with E-state index in [0.717, 1.165) is 37.6 Å². The van der Waals surface area contributed by atoms with Crippen LogP contribution in [0, 0.1) is 0 Å². The fourth-order valence-corrected chi connectivity index (χ4v) is 5.73. The Labute approximate surface area is 161 Å². The Morgan fingerprint density at radius 1 is 1.22 bits per heavy atom. The second kappa shape index (κ2) is 8.06. The fraction of sp³-hybridized carbons (Fsp3) is 0.632. The van der Waals surface area contributed by atoms with Gasteiger partial charge in [-0.25, -0.2) is 8.42 Å². The number of benzene rings is 1. The van der Waals surface area contributed by atoms with Crippen molar-refractivity contribution in [3.05, 3.63) is 24.3 Å². The van der Waals surface area contributed by atoms with E-state index in [9.17, 15) is 13.2 Å². The topological polar surface area (TPSA) is 70.2 Å². The van der Waals surface area contributed by atoms with Crippen LogP contribution in [0.15, 0.2) is 24.3 Å². The molecule has 2 aliphatic heterocycles. The number of ether oxygens (including phenoxy) is 1. The molecule has 2 saturated heterocycles. The van der Waals surface area contributed by atoms with Crippen LogP contribution in [0.3, 0.4) is 0 Å². The predicted molar refractivity (Wildman–Crippen MR) is 106 cm³/mol. The number of likely N-dealkylation sites (N-methyl/N-ethyl adjacent to an activating group) is 1. The molecule has 0 aliphatic carbocycles. The number of rotatable bonds is 5. The molecule has 0 aromatic heterocycles. The minimum absolute atomic E-state index is 0.00263. The molecule has 1 aromatic rings.